The number of carboxylic acid groups (broad SMARTS) is 1. The van der Waals surface area contributed by atoms with Crippen molar-refractivity contribution >= 4 is 21.8 Å². The number of urea groups is 1. The second-order valence-electron chi connectivity index (χ2n) is 4.73. The summed E-state index contributed by atoms with van der Waals surface area (Å²) >= 11 is 0. The van der Waals surface area contributed by atoms with Crippen molar-refractivity contribution in [3.8, 4) is 0 Å². The zero-order valence-electron chi connectivity index (χ0n) is 12.0. The average molecular weight is 306 g/mol. The van der Waals surface area contributed by atoms with Crippen molar-refractivity contribution in [3.63, 3.8) is 0 Å². The average Bonchev–Trinajstić information content (AvgIpc) is 2.29. The van der Waals surface area contributed by atoms with Gasteiger partial charge >= 0.3 is 12.0 Å². The maximum absolute atomic E-state index is 11.9. The number of carbonyl (C=O) groups is 2. The summed E-state index contributed by atoms with van der Waals surface area (Å²) in [5, 5.41) is 11.3. The van der Waals surface area contributed by atoms with Crippen molar-refractivity contribution in [3.05, 3.63) is 12.2 Å². The fourth-order valence-electron chi connectivity index (χ4n) is 1.48. The van der Waals surface area contributed by atoms with Crippen molar-refractivity contribution in [1.82, 2.24) is 10.2 Å². The van der Waals surface area contributed by atoms with Gasteiger partial charge in [0.1, 0.15) is 15.9 Å². The second kappa shape index (κ2) is 7.88. The van der Waals surface area contributed by atoms with Gasteiger partial charge in [0.25, 0.3) is 0 Å². The summed E-state index contributed by atoms with van der Waals surface area (Å²) in [6.45, 7) is 7.93. The lowest BCUT2D eigenvalue weighted by Gasteiger charge is -2.24. The van der Waals surface area contributed by atoms with Gasteiger partial charge in [0, 0.05) is 19.3 Å². The van der Waals surface area contributed by atoms with Gasteiger partial charge in [0.2, 0.25) is 0 Å². The Morgan fingerprint density at radius 2 is 1.95 bits per heavy atom. The van der Waals surface area contributed by atoms with Crippen LogP contribution in [-0.4, -0.2) is 61.6 Å². The third-order valence-electron chi connectivity index (χ3n) is 2.50. The van der Waals surface area contributed by atoms with E-state index in [2.05, 4.69) is 11.9 Å². The van der Waals surface area contributed by atoms with Gasteiger partial charge in [-0.05, 0) is 20.3 Å². The molecule has 0 saturated carbocycles. The number of nitrogens with one attached hydrogen (secondary N) is 1. The minimum absolute atomic E-state index is 0.162. The quantitative estimate of drug-likeness (QED) is 0.635. The maximum atomic E-state index is 11.9. The SMILES string of the molecule is C=C(C)CN(CC)C(=O)NC(CCS(C)(=O)=O)C(=O)O. The molecule has 8 heteroatoms. The highest BCUT2D eigenvalue weighted by atomic mass is 32.2. The number of hydrogen-bond acceptors (Lipinski definition) is 4. The molecule has 0 saturated heterocycles. The van der Waals surface area contributed by atoms with E-state index in [0.29, 0.717) is 13.1 Å². The monoisotopic (exact) mass is 306 g/mol. The third kappa shape index (κ3) is 7.78. The first kappa shape index (κ1) is 18.4. The first-order chi connectivity index (χ1) is 9.06. The Bertz CT molecular complexity index is 472. The van der Waals surface area contributed by atoms with Gasteiger partial charge in [0.15, 0.2) is 0 Å². The Hall–Kier alpha value is -1.57. The normalized spacial score (nSPS) is 12.6. The number of nitrogens with zero attached hydrogens (tertiary/aromatic N) is 1. The van der Waals surface area contributed by atoms with Crippen LogP contribution in [0.25, 0.3) is 0 Å². The van der Waals surface area contributed by atoms with Crippen molar-refractivity contribution in [2.24, 2.45) is 0 Å². The minimum Gasteiger partial charge on any atom is -0.480 e. The maximum Gasteiger partial charge on any atom is 0.326 e. The highest BCUT2D eigenvalue weighted by Crippen LogP contribution is 2.01. The smallest absolute Gasteiger partial charge is 0.326 e. The lowest BCUT2D eigenvalue weighted by Crippen LogP contribution is -2.48. The molecule has 0 aromatic rings. The van der Waals surface area contributed by atoms with E-state index in [1.807, 2.05) is 0 Å². The van der Waals surface area contributed by atoms with Gasteiger partial charge in [0.05, 0.1) is 5.75 Å². The summed E-state index contributed by atoms with van der Waals surface area (Å²) in [5.74, 6) is -1.55. The molecule has 0 aliphatic heterocycles. The molecule has 0 aliphatic carbocycles. The number of carbonyl (C=O) groups excluding carboxylic acids is 1. The lowest BCUT2D eigenvalue weighted by atomic mass is 10.2. The van der Waals surface area contributed by atoms with E-state index in [9.17, 15) is 18.0 Å². The summed E-state index contributed by atoms with van der Waals surface area (Å²) in [6.07, 6.45) is 0.859. The number of aliphatic carboxylic acids is 1. The predicted molar refractivity (Wildman–Crippen MR) is 76.3 cm³/mol. The molecule has 116 valence electrons. The Morgan fingerprint density at radius 1 is 1.40 bits per heavy atom. The standard InChI is InChI=1S/C12H22N2O5S/c1-5-14(8-9(2)3)12(17)13-10(11(15)16)6-7-20(4,18)19/h10H,2,5-8H2,1,3-4H3,(H,13,17)(H,15,16). The molecule has 0 fully saturated rings. The lowest BCUT2D eigenvalue weighted by molar-refractivity contribution is -0.139. The minimum atomic E-state index is -3.28. The molecule has 0 spiro atoms. The molecule has 1 unspecified atom stereocenters. The molecular formula is C12H22N2O5S. The summed E-state index contributed by atoms with van der Waals surface area (Å²) in [4.78, 5) is 24.4. The van der Waals surface area contributed by atoms with Crippen LogP contribution in [0.3, 0.4) is 0 Å². The molecule has 0 heterocycles. The molecular weight excluding hydrogens is 284 g/mol. The second-order valence-corrected chi connectivity index (χ2v) is 6.99. The molecule has 0 aliphatic rings. The highest BCUT2D eigenvalue weighted by Gasteiger charge is 2.23. The fourth-order valence-corrected chi connectivity index (χ4v) is 2.15. The van der Waals surface area contributed by atoms with E-state index in [-0.39, 0.29) is 12.2 Å². The molecule has 0 aromatic heterocycles. The van der Waals surface area contributed by atoms with Gasteiger partial charge in [-0.3, -0.25) is 0 Å². The number of amides is 2. The van der Waals surface area contributed by atoms with Crippen LogP contribution in [0.15, 0.2) is 12.2 Å². The van der Waals surface area contributed by atoms with Gasteiger partial charge in [-0.25, -0.2) is 18.0 Å². The molecule has 20 heavy (non-hydrogen) atoms. The molecule has 0 aromatic carbocycles. The topological polar surface area (TPSA) is 104 Å². The molecule has 0 radical (unpaired) electrons. The summed E-state index contributed by atoms with van der Waals surface area (Å²) in [5.41, 5.74) is 0.769. The fraction of sp³-hybridized carbons (Fsp3) is 0.667. The first-order valence-electron chi connectivity index (χ1n) is 6.17. The van der Waals surface area contributed by atoms with Crippen LogP contribution < -0.4 is 5.32 Å². The van der Waals surface area contributed by atoms with Crippen molar-refractivity contribution in [2.75, 3.05) is 25.1 Å². The zero-order chi connectivity index (χ0) is 15.9. The predicted octanol–water partition coefficient (Wildman–Crippen LogP) is 0.482. The molecule has 2 N–H and O–H groups in total. The van der Waals surface area contributed by atoms with Crippen LogP contribution in [0, 0.1) is 0 Å². The molecule has 2 amide bonds. The summed E-state index contributed by atoms with van der Waals surface area (Å²) in [6, 6.07) is -1.77. The van der Waals surface area contributed by atoms with Crippen LogP contribution in [0.2, 0.25) is 0 Å². The molecule has 1 atom stereocenters. The van der Waals surface area contributed by atoms with Gasteiger partial charge in [-0.1, -0.05) is 12.2 Å². The van der Waals surface area contributed by atoms with Crippen LogP contribution in [-0.2, 0) is 14.6 Å². The number of rotatable bonds is 8. The van der Waals surface area contributed by atoms with E-state index >= 15 is 0 Å². The molecule has 0 rings (SSSR count). The first-order valence-corrected chi connectivity index (χ1v) is 8.23. The Labute approximate surface area is 119 Å². The molecule has 7 nitrogen and oxygen atoms in total. The van der Waals surface area contributed by atoms with Crippen molar-refractivity contribution in [2.45, 2.75) is 26.3 Å². The summed E-state index contributed by atoms with van der Waals surface area (Å²) < 4.78 is 22.1. The van der Waals surface area contributed by atoms with Crippen LogP contribution in [0.4, 0.5) is 4.79 Å². The van der Waals surface area contributed by atoms with E-state index in [1.54, 1.807) is 13.8 Å². The number of sulfone groups is 1. The summed E-state index contributed by atoms with van der Waals surface area (Å²) in [7, 11) is -3.28. The number of likely N-dealkylation sites (N-methyl/N-ethyl adjacent to an activating group) is 1. The number of hydrogen-bond donors (Lipinski definition) is 2. The van der Waals surface area contributed by atoms with Crippen LogP contribution in [0.1, 0.15) is 20.3 Å². The Kier molecular flexibility index (Phi) is 7.26. The van der Waals surface area contributed by atoms with E-state index in [0.717, 1.165) is 11.8 Å². The van der Waals surface area contributed by atoms with E-state index in [1.165, 1.54) is 4.90 Å². The highest BCUT2D eigenvalue weighted by molar-refractivity contribution is 7.90. The van der Waals surface area contributed by atoms with Gasteiger partial charge in [-0.15, -0.1) is 0 Å². The van der Waals surface area contributed by atoms with Gasteiger partial charge < -0.3 is 15.3 Å². The van der Waals surface area contributed by atoms with Crippen molar-refractivity contribution < 1.29 is 23.1 Å². The van der Waals surface area contributed by atoms with Crippen LogP contribution in [0.5, 0.6) is 0 Å². The Morgan fingerprint density at radius 3 is 2.30 bits per heavy atom. The van der Waals surface area contributed by atoms with Crippen LogP contribution >= 0.6 is 0 Å². The largest absolute Gasteiger partial charge is 0.480 e. The number of carboxylic acids is 1. The van der Waals surface area contributed by atoms with E-state index in [4.69, 9.17) is 5.11 Å². The zero-order valence-corrected chi connectivity index (χ0v) is 12.9. The van der Waals surface area contributed by atoms with Gasteiger partial charge in [-0.2, -0.15) is 0 Å². The van der Waals surface area contributed by atoms with E-state index < -0.39 is 27.9 Å². The third-order valence-corrected chi connectivity index (χ3v) is 3.48. The molecule has 0 bridgehead atoms. The Balaban J connectivity index is 4.69. The van der Waals surface area contributed by atoms with Crippen molar-refractivity contribution in [1.29, 1.82) is 0 Å².